The van der Waals surface area contributed by atoms with Crippen LogP contribution in [0.2, 0.25) is 0 Å². The van der Waals surface area contributed by atoms with Crippen LogP contribution in [0.25, 0.3) is 0 Å². The van der Waals surface area contributed by atoms with E-state index in [2.05, 4.69) is 0 Å². The second-order valence-corrected chi connectivity index (χ2v) is 7.90. The Morgan fingerprint density at radius 2 is 1.43 bits per heavy atom. The van der Waals surface area contributed by atoms with Crippen molar-refractivity contribution in [1.82, 2.24) is 9.80 Å². The Morgan fingerprint density at radius 3 is 1.83 bits per heavy atom. The molecule has 132 valence electrons. The summed E-state index contributed by atoms with van der Waals surface area (Å²) >= 11 is 0. The first-order chi connectivity index (χ1) is 10.6. The molecule has 0 unspecified atom stereocenters. The molecule has 4 heterocycles. The van der Waals surface area contributed by atoms with Crippen LogP contribution in [0.3, 0.4) is 0 Å². The van der Waals surface area contributed by atoms with Crippen molar-refractivity contribution in [2.24, 2.45) is 10.8 Å². The first-order valence-corrected chi connectivity index (χ1v) is 7.99. The number of hydrogen-bond donors (Lipinski definition) is 5. The summed E-state index contributed by atoms with van der Waals surface area (Å²) < 4.78 is 0. The van der Waals surface area contributed by atoms with Crippen molar-refractivity contribution in [2.75, 3.05) is 32.8 Å². The number of carbonyl (C=O) groups excluding carboxylic acids is 1. The summed E-state index contributed by atoms with van der Waals surface area (Å²) in [5.41, 5.74) is -0.953. The van der Waals surface area contributed by atoms with Gasteiger partial charge in [0.25, 0.3) is 0 Å². The molecule has 0 amide bonds. The zero-order valence-electron chi connectivity index (χ0n) is 13.5. The molecule has 0 aromatic heterocycles. The monoisotopic (exact) mass is 330 g/mol. The van der Waals surface area contributed by atoms with Crippen molar-refractivity contribution in [3.8, 4) is 0 Å². The molecule has 8 heteroatoms. The first-order valence-electron chi connectivity index (χ1n) is 7.99. The van der Waals surface area contributed by atoms with Gasteiger partial charge in [-0.2, -0.15) is 0 Å². The van der Waals surface area contributed by atoms with Crippen LogP contribution in [0.4, 0.5) is 0 Å². The van der Waals surface area contributed by atoms with Gasteiger partial charge in [-0.15, -0.1) is 0 Å². The Hall–Kier alpha value is -0.610. The van der Waals surface area contributed by atoms with E-state index in [9.17, 15) is 25.2 Å². The van der Waals surface area contributed by atoms with Crippen molar-refractivity contribution in [1.29, 1.82) is 0 Å². The second-order valence-electron chi connectivity index (χ2n) is 7.90. The average molecular weight is 330 g/mol. The fourth-order valence-electron chi connectivity index (χ4n) is 4.77. The lowest BCUT2D eigenvalue weighted by atomic mass is 9.61. The molecule has 4 rings (SSSR count). The molecule has 4 saturated heterocycles. The van der Waals surface area contributed by atoms with Gasteiger partial charge in [-0.25, -0.2) is 0 Å². The molecule has 4 bridgehead atoms. The minimum absolute atomic E-state index is 0.252. The third-order valence-electron chi connectivity index (χ3n) is 5.64. The number of ketones is 1. The van der Waals surface area contributed by atoms with Gasteiger partial charge in [-0.05, 0) is 0 Å². The minimum Gasteiger partial charge on any atom is -0.394 e. The number of aliphatic hydroxyl groups is 5. The summed E-state index contributed by atoms with van der Waals surface area (Å²) in [4.78, 5) is 16.5. The molecule has 4 atom stereocenters. The van der Waals surface area contributed by atoms with Crippen LogP contribution in [-0.2, 0) is 4.79 Å². The third-order valence-corrected chi connectivity index (χ3v) is 5.64. The molecular weight excluding hydrogens is 304 g/mol. The Kier molecular flexibility index (Phi) is 4.08. The summed E-state index contributed by atoms with van der Waals surface area (Å²) in [6, 6.07) is 0. The van der Waals surface area contributed by atoms with Crippen molar-refractivity contribution < 1.29 is 30.3 Å². The van der Waals surface area contributed by atoms with Gasteiger partial charge >= 0.3 is 0 Å². The van der Waals surface area contributed by atoms with E-state index in [1.54, 1.807) is 0 Å². The highest BCUT2D eigenvalue weighted by molar-refractivity contribution is 5.92. The van der Waals surface area contributed by atoms with Crippen LogP contribution in [0.1, 0.15) is 13.8 Å². The number of piperidine rings is 2. The lowest BCUT2D eigenvalue weighted by Gasteiger charge is -2.65. The number of Topliss-reactive ketones (excluding diaryl/α,β-unsaturated/α-hetero) is 1. The van der Waals surface area contributed by atoms with Gasteiger partial charge in [0.1, 0.15) is 30.2 Å². The van der Waals surface area contributed by atoms with E-state index in [1.807, 2.05) is 23.6 Å². The predicted molar refractivity (Wildman–Crippen MR) is 79.3 cm³/mol. The van der Waals surface area contributed by atoms with E-state index in [0.717, 1.165) is 0 Å². The average Bonchev–Trinajstić information content (AvgIpc) is 2.48. The lowest BCUT2D eigenvalue weighted by Crippen LogP contribution is -2.80. The van der Waals surface area contributed by atoms with Gasteiger partial charge in [-0.3, -0.25) is 14.6 Å². The van der Waals surface area contributed by atoms with Gasteiger partial charge in [0, 0.05) is 26.2 Å². The molecule has 0 saturated carbocycles. The van der Waals surface area contributed by atoms with E-state index in [1.165, 1.54) is 0 Å². The number of carbonyl (C=O) groups is 1. The van der Waals surface area contributed by atoms with E-state index in [-0.39, 0.29) is 5.78 Å². The minimum atomic E-state index is -1.64. The maximum atomic E-state index is 12.6. The summed E-state index contributed by atoms with van der Waals surface area (Å²) in [5, 5.41) is 48.9. The summed E-state index contributed by atoms with van der Waals surface area (Å²) in [6.45, 7) is 5.17. The maximum Gasteiger partial charge on any atom is 0.149 e. The molecule has 8 nitrogen and oxygen atoms in total. The van der Waals surface area contributed by atoms with Gasteiger partial charge in [0.2, 0.25) is 0 Å². The Balaban J connectivity index is 1.80. The smallest absolute Gasteiger partial charge is 0.149 e. The van der Waals surface area contributed by atoms with Crippen LogP contribution < -0.4 is 0 Å². The highest BCUT2D eigenvalue weighted by Gasteiger charge is 2.63. The van der Waals surface area contributed by atoms with E-state index < -0.39 is 48.0 Å². The van der Waals surface area contributed by atoms with Crippen molar-refractivity contribution in [3.63, 3.8) is 0 Å². The first kappa shape index (κ1) is 17.2. The molecule has 0 aromatic rings. The van der Waals surface area contributed by atoms with Crippen LogP contribution >= 0.6 is 0 Å². The van der Waals surface area contributed by atoms with E-state index in [0.29, 0.717) is 26.2 Å². The topological polar surface area (TPSA) is 125 Å². The van der Waals surface area contributed by atoms with E-state index >= 15 is 0 Å². The Morgan fingerprint density at radius 1 is 1.00 bits per heavy atom. The molecule has 5 N–H and O–H groups in total. The van der Waals surface area contributed by atoms with Gasteiger partial charge in [-0.1, -0.05) is 13.8 Å². The second kappa shape index (κ2) is 5.45. The molecule has 4 aliphatic rings. The van der Waals surface area contributed by atoms with Crippen LogP contribution in [0, 0.1) is 10.8 Å². The van der Waals surface area contributed by atoms with Crippen molar-refractivity contribution in [2.45, 2.75) is 44.4 Å². The molecule has 0 radical (unpaired) electrons. The fourth-order valence-corrected chi connectivity index (χ4v) is 4.77. The fraction of sp³-hybridized carbons (Fsp3) is 0.933. The number of nitrogens with zero attached hydrogens (tertiary/aromatic N) is 2. The quantitative estimate of drug-likeness (QED) is 0.361. The maximum absolute atomic E-state index is 12.6. The zero-order chi connectivity index (χ0) is 17.2. The van der Waals surface area contributed by atoms with Crippen LogP contribution in [0.15, 0.2) is 0 Å². The number of aliphatic hydroxyl groups excluding tert-OH is 5. The van der Waals surface area contributed by atoms with Gasteiger partial charge < -0.3 is 25.5 Å². The van der Waals surface area contributed by atoms with Crippen molar-refractivity contribution >= 4 is 5.78 Å². The molecular formula is C15H26N2O6. The summed E-state index contributed by atoms with van der Waals surface area (Å²) in [6.07, 6.45) is -6.57. The SMILES string of the molecule is CC12CN3CC(C)(CN(C1)C3[C@@H](O)[C@H](O)[C@@H](O)[C@@H](O)CO)C2=O. The van der Waals surface area contributed by atoms with Crippen molar-refractivity contribution in [3.05, 3.63) is 0 Å². The lowest BCUT2D eigenvalue weighted by molar-refractivity contribution is -0.228. The third kappa shape index (κ3) is 2.44. The predicted octanol–water partition coefficient (Wildman–Crippen LogP) is -3.03. The Bertz CT molecular complexity index is 460. The zero-order valence-corrected chi connectivity index (χ0v) is 13.5. The molecule has 0 aromatic carbocycles. The number of rotatable bonds is 5. The summed E-state index contributed by atoms with van der Waals surface area (Å²) in [5.74, 6) is 0.252. The molecule has 0 spiro atoms. The molecule has 4 fully saturated rings. The standard InChI is InChI=1S/C15H26N2O6/c1-14-4-16-6-15(2,13(14)23)7-17(5-14)12(16)11(22)10(21)9(20)8(19)3-18/h8-12,18-22H,3-7H2,1-2H3/t8-,9-,10+,11-,12?,14?,15?/m0/s1. The molecule has 23 heavy (non-hydrogen) atoms. The summed E-state index contributed by atoms with van der Waals surface area (Å²) in [7, 11) is 0. The largest absolute Gasteiger partial charge is 0.394 e. The molecule has 4 aliphatic heterocycles. The highest BCUT2D eigenvalue weighted by atomic mass is 16.4. The van der Waals surface area contributed by atoms with Crippen LogP contribution in [0.5, 0.6) is 0 Å². The molecule has 0 aliphatic carbocycles. The van der Waals surface area contributed by atoms with Gasteiger partial charge in [0.05, 0.1) is 23.6 Å². The normalized spacial score (nSPS) is 47.4. The Labute approximate surface area is 134 Å². The van der Waals surface area contributed by atoms with Crippen LogP contribution in [-0.4, -0.2) is 104 Å². The van der Waals surface area contributed by atoms with E-state index in [4.69, 9.17) is 5.11 Å². The van der Waals surface area contributed by atoms with Gasteiger partial charge in [0.15, 0.2) is 0 Å². The highest BCUT2D eigenvalue weighted by Crippen LogP contribution is 2.48. The number of hydrogen-bond acceptors (Lipinski definition) is 8.